The van der Waals surface area contributed by atoms with Crippen molar-refractivity contribution >= 4 is 45.9 Å². The van der Waals surface area contributed by atoms with Crippen LogP contribution < -0.4 is 30.4 Å². The van der Waals surface area contributed by atoms with Gasteiger partial charge in [0.15, 0.2) is 8.07 Å². The fourth-order valence-electron chi connectivity index (χ4n) is 10.8. The molecule has 0 amide bonds. The van der Waals surface area contributed by atoms with Gasteiger partial charge in [0, 0.05) is 34.3 Å². The van der Waals surface area contributed by atoms with Gasteiger partial charge in [0.2, 0.25) is 0 Å². The summed E-state index contributed by atoms with van der Waals surface area (Å²) in [5, 5.41) is 5.54. The molecule has 2 nitrogen and oxygen atoms in total. The third-order valence-corrected chi connectivity index (χ3v) is 18.3. The van der Waals surface area contributed by atoms with Crippen molar-refractivity contribution in [3.05, 3.63) is 283 Å². The average molecular weight is 834 g/mol. The Kier molecular flexibility index (Phi) is 9.10. The normalized spacial score (nSPS) is 13.7. The average Bonchev–Trinajstić information content (AvgIpc) is 3.38. The van der Waals surface area contributed by atoms with E-state index in [0.717, 1.165) is 50.8 Å². The summed E-state index contributed by atoms with van der Waals surface area (Å²) in [5.41, 5.74) is 12.0. The van der Waals surface area contributed by atoms with Gasteiger partial charge in [-0.3, -0.25) is 0 Å². The molecule has 0 saturated carbocycles. The summed E-state index contributed by atoms with van der Waals surface area (Å²) in [5.74, 6) is 1.71. The first kappa shape index (κ1) is 37.8. The van der Waals surface area contributed by atoms with Crippen molar-refractivity contribution in [3.63, 3.8) is 0 Å². The van der Waals surface area contributed by atoms with Crippen molar-refractivity contribution in [1.29, 1.82) is 0 Å². The molecule has 0 unspecified atom stereocenters. The minimum atomic E-state index is -2.86. The van der Waals surface area contributed by atoms with E-state index in [2.05, 4.69) is 266 Å². The lowest BCUT2D eigenvalue weighted by atomic mass is 9.63. The van der Waals surface area contributed by atoms with Crippen molar-refractivity contribution in [1.82, 2.24) is 0 Å². The van der Waals surface area contributed by atoms with Gasteiger partial charge in [-0.2, -0.15) is 0 Å². The van der Waals surface area contributed by atoms with Gasteiger partial charge in [-0.25, -0.2) is 0 Å². The van der Waals surface area contributed by atoms with Crippen molar-refractivity contribution in [3.8, 4) is 33.8 Å². The number of hydrogen-bond acceptors (Lipinski definition) is 2. The first-order chi connectivity index (χ1) is 31.7. The molecule has 0 aliphatic carbocycles. The molecular weight excluding hydrogens is 791 g/mol. The lowest BCUT2D eigenvalue weighted by Crippen LogP contribution is -2.79. The second-order valence-corrected chi connectivity index (χ2v) is 20.5. The van der Waals surface area contributed by atoms with Crippen molar-refractivity contribution in [2.24, 2.45) is 0 Å². The highest BCUT2D eigenvalue weighted by atomic mass is 28.3. The quantitative estimate of drug-likeness (QED) is 0.148. The van der Waals surface area contributed by atoms with Crippen LogP contribution in [0.2, 0.25) is 0 Å². The maximum Gasteiger partial charge on any atom is 0.180 e. The molecule has 1 spiro atoms. The van der Waals surface area contributed by atoms with E-state index in [1.807, 2.05) is 0 Å². The Morgan fingerprint density at radius 3 is 1.28 bits per heavy atom. The fraction of sp³-hybridized carbons (Fsp3) is 0.0164. The standard InChI is InChI=1S/C61H43NOSi/c1-6-22-44(23-7-1)46-40-47(45-24-8-2-9-25-45)42-50(41-46)62(48-26-10-3-11-27-48)49-38-39-54-58(43-49)63-57-35-19-16-32-53(57)61(54)55-33-17-20-36-59(55)64(51-28-12-4-13-29-51,52-30-14-5-15-31-52)60-37-21-18-34-56(60)61/h1-43H. The van der Waals surface area contributed by atoms with Crippen LogP contribution in [0.15, 0.2) is 261 Å². The zero-order valence-electron chi connectivity index (χ0n) is 35.2. The van der Waals surface area contributed by atoms with Crippen LogP contribution >= 0.6 is 0 Å². The number of para-hydroxylation sites is 2. The van der Waals surface area contributed by atoms with Crippen molar-refractivity contribution in [2.45, 2.75) is 5.41 Å². The maximum absolute atomic E-state index is 7.19. The Hall–Kier alpha value is -7.98. The summed E-state index contributed by atoms with van der Waals surface area (Å²) in [7, 11) is -2.86. The van der Waals surface area contributed by atoms with E-state index in [0.29, 0.717) is 0 Å². The molecule has 302 valence electrons. The van der Waals surface area contributed by atoms with Crippen LogP contribution in [-0.4, -0.2) is 8.07 Å². The summed E-state index contributed by atoms with van der Waals surface area (Å²) < 4.78 is 7.19. The summed E-state index contributed by atoms with van der Waals surface area (Å²) in [6, 6.07) is 95.8. The number of fused-ring (bicyclic) bond motifs is 8. The first-order valence-corrected chi connectivity index (χ1v) is 24.1. The van der Waals surface area contributed by atoms with E-state index in [4.69, 9.17) is 4.74 Å². The highest BCUT2D eigenvalue weighted by molar-refractivity contribution is 7.20. The predicted octanol–water partition coefficient (Wildman–Crippen LogP) is 12.7. The molecule has 0 aromatic heterocycles. The SMILES string of the molecule is c1ccc(-c2cc(-c3ccccc3)cc(N(c3ccccc3)c3ccc4c(c3)Oc3ccccc3C43c4ccccc4[Si](c4ccccc4)(c4ccccc4)c4ccccc43)c2)cc1. The maximum atomic E-state index is 7.19. The number of hydrogen-bond donors (Lipinski definition) is 0. The monoisotopic (exact) mass is 833 g/mol. The zero-order valence-corrected chi connectivity index (χ0v) is 36.2. The number of nitrogens with zero attached hydrogens (tertiary/aromatic N) is 1. The molecule has 0 N–H and O–H groups in total. The van der Waals surface area contributed by atoms with Crippen LogP contribution in [0.25, 0.3) is 22.3 Å². The third kappa shape index (κ3) is 5.78. The Morgan fingerprint density at radius 1 is 0.297 bits per heavy atom. The van der Waals surface area contributed by atoms with Crippen LogP contribution in [0.4, 0.5) is 17.1 Å². The number of rotatable bonds is 7. The smallest absolute Gasteiger partial charge is 0.180 e. The highest BCUT2D eigenvalue weighted by Crippen LogP contribution is 2.57. The van der Waals surface area contributed by atoms with Gasteiger partial charge in [-0.15, -0.1) is 0 Å². The van der Waals surface area contributed by atoms with Crippen LogP contribution in [0.1, 0.15) is 22.3 Å². The fourth-order valence-corrected chi connectivity index (χ4v) is 16.1. The van der Waals surface area contributed by atoms with E-state index in [1.165, 1.54) is 43.0 Å². The van der Waals surface area contributed by atoms with Gasteiger partial charge in [0.25, 0.3) is 0 Å². The van der Waals surface area contributed by atoms with Gasteiger partial charge in [0.1, 0.15) is 11.5 Å². The van der Waals surface area contributed by atoms with E-state index in [-0.39, 0.29) is 0 Å². The molecule has 64 heavy (non-hydrogen) atoms. The number of ether oxygens (including phenoxy) is 1. The van der Waals surface area contributed by atoms with E-state index in [1.54, 1.807) is 0 Å². The summed E-state index contributed by atoms with van der Waals surface area (Å²) >= 11 is 0. The first-order valence-electron chi connectivity index (χ1n) is 22.1. The molecule has 2 aliphatic heterocycles. The molecule has 0 saturated heterocycles. The molecule has 3 heteroatoms. The summed E-state index contributed by atoms with van der Waals surface area (Å²) in [6.07, 6.45) is 0. The largest absolute Gasteiger partial charge is 0.457 e. The van der Waals surface area contributed by atoms with E-state index < -0.39 is 13.5 Å². The molecule has 0 fully saturated rings. The highest BCUT2D eigenvalue weighted by Gasteiger charge is 2.57. The molecule has 0 radical (unpaired) electrons. The summed E-state index contributed by atoms with van der Waals surface area (Å²) in [6.45, 7) is 0. The van der Waals surface area contributed by atoms with Gasteiger partial charge < -0.3 is 9.64 Å². The predicted molar refractivity (Wildman–Crippen MR) is 268 cm³/mol. The minimum Gasteiger partial charge on any atom is -0.457 e. The van der Waals surface area contributed by atoms with Crippen LogP contribution in [0.5, 0.6) is 11.5 Å². The number of anilines is 3. The van der Waals surface area contributed by atoms with Crippen LogP contribution in [0.3, 0.4) is 0 Å². The molecule has 2 heterocycles. The number of benzene rings is 10. The van der Waals surface area contributed by atoms with E-state index >= 15 is 0 Å². The molecular formula is C61H43NOSi. The minimum absolute atomic E-state index is 0.665. The van der Waals surface area contributed by atoms with Crippen LogP contribution in [-0.2, 0) is 5.41 Å². The second-order valence-electron chi connectivity index (χ2n) is 16.8. The molecule has 0 bridgehead atoms. The Labute approximate surface area is 376 Å². The Bertz CT molecular complexity index is 3150. The Balaban J connectivity index is 1.13. The van der Waals surface area contributed by atoms with Gasteiger partial charge >= 0.3 is 0 Å². The molecule has 10 aromatic carbocycles. The zero-order chi connectivity index (χ0) is 42.5. The van der Waals surface area contributed by atoms with Crippen molar-refractivity contribution in [2.75, 3.05) is 4.90 Å². The Morgan fingerprint density at radius 2 is 0.734 bits per heavy atom. The van der Waals surface area contributed by atoms with Crippen LogP contribution in [0, 0.1) is 0 Å². The summed E-state index contributed by atoms with van der Waals surface area (Å²) in [4.78, 5) is 2.38. The molecule has 2 aliphatic rings. The lowest BCUT2D eigenvalue weighted by molar-refractivity contribution is 0.435. The molecule has 12 rings (SSSR count). The second kappa shape index (κ2) is 15.4. The topological polar surface area (TPSA) is 12.5 Å². The third-order valence-electron chi connectivity index (χ3n) is 13.4. The van der Waals surface area contributed by atoms with Crippen molar-refractivity contribution < 1.29 is 4.74 Å². The van der Waals surface area contributed by atoms with Gasteiger partial charge in [-0.1, -0.05) is 212 Å². The van der Waals surface area contributed by atoms with E-state index in [9.17, 15) is 0 Å². The van der Waals surface area contributed by atoms with Gasteiger partial charge in [-0.05, 0) is 96.6 Å². The molecule has 10 aromatic rings. The van der Waals surface area contributed by atoms with Gasteiger partial charge in [0.05, 0.1) is 5.41 Å². The lowest BCUT2D eigenvalue weighted by Gasteiger charge is -2.51. The molecule has 0 atom stereocenters.